The predicted octanol–water partition coefficient (Wildman–Crippen LogP) is 1.87. The molecule has 0 unspecified atom stereocenters. The second kappa shape index (κ2) is 6.28. The van der Waals surface area contributed by atoms with Gasteiger partial charge in [0.2, 0.25) is 0 Å². The van der Waals surface area contributed by atoms with Crippen molar-refractivity contribution in [1.29, 1.82) is 0 Å². The minimum atomic E-state index is 0.00526. The molecule has 5 heteroatoms. The zero-order chi connectivity index (χ0) is 12.7. The SMILES string of the molecule is C#CCOc1ccc([N+](=C)OC)cc1CN=O. The van der Waals surface area contributed by atoms with E-state index < -0.39 is 0 Å². The van der Waals surface area contributed by atoms with Crippen LogP contribution in [0.25, 0.3) is 0 Å². The third-order valence-corrected chi connectivity index (χ3v) is 2.10. The smallest absolute Gasteiger partial charge is 0.257 e. The summed E-state index contributed by atoms with van der Waals surface area (Å²) in [6.07, 6.45) is 5.10. The van der Waals surface area contributed by atoms with Crippen molar-refractivity contribution in [2.24, 2.45) is 5.18 Å². The first-order valence-electron chi connectivity index (χ1n) is 4.86. The Hall–Kier alpha value is -2.35. The maximum absolute atomic E-state index is 10.3. The molecule has 17 heavy (non-hydrogen) atoms. The molecule has 0 fully saturated rings. The van der Waals surface area contributed by atoms with E-state index in [0.717, 1.165) is 0 Å². The summed E-state index contributed by atoms with van der Waals surface area (Å²) in [5.41, 5.74) is 1.33. The zero-order valence-electron chi connectivity index (χ0n) is 9.55. The number of ether oxygens (including phenoxy) is 1. The highest BCUT2D eigenvalue weighted by molar-refractivity contribution is 5.45. The van der Waals surface area contributed by atoms with Gasteiger partial charge in [-0.1, -0.05) is 11.1 Å². The van der Waals surface area contributed by atoms with Crippen LogP contribution in [0.3, 0.4) is 0 Å². The fourth-order valence-electron chi connectivity index (χ4n) is 1.28. The molecule has 5 nitrogen and oxygen atoms in total. The van der Waals surface area contributed by atoms with E-state index in [-0.39, 0.29) is 13.2 Å². The molecule has 0 heterocycles. The Kier molecular flexibility index (Phi) is 4.70. The first-order chi connectivity index (χ1) is 8.22. The van der Waals surface area contributed by atoms with Crippen molar-refractivity contribution >= 4 is 12.4 Å². The summed E-state index contributed by atoms with van der Waals surface area (Å²) in [6, 6.07) is 5.16. The molecule has 0 aliphatic heterocycles. The predicted molar refractivity (Wildman–Crippen MR) is 64.3 cm³/mol. The first-order valence-corrected chi connectivity index (χ1v) is 4.86. The molecule has 0 saturated heterocycles. The van der Waals surface area contributed by atoms with Crippen LogP contribution in [0.1, 0.15) is 5.56 Å². The monoisotopic (exact) mass is 233 g/mol. The number of nitrogens with zero attached hydrogens (tertiary/aromatic N) is 2. The third kappa shape index (κ3) is 3.31. The maximum atomic E-state index is 10.3. The molecule has 0 aliphatic rings. The van der Waals surface area contributed by atoms with Crippen molar-refractivity contribution in [3.63, 3.8) is 0 Å². The average molecular weight is 233 g/mol. The van der Waals surface area contributed by atoms with Gasteiger partial charge < -0.3 is 4.74 Å². The molecule has 1 rings (SSSR count). The highest BCUT2D eigenvalue weighted by atomic mass is 16.6. The van der Waals surface area contributed by atoms with Gasteiger partial charge in [-0.2, -0.15) is 4.91 Å². The van der Waals surface area contributed by atoms with Crippen LogP contribution in [0.2, 0.25) is 0 Å². The van der Waals surface area contributed by atoms with Crippen molar-refractivity contribution in [2.45, 2.75) is 6.54 Å². The van der Waals surface area contributed by atoms with Crippen LogP contribution in [0.15, 0.2) is 23.4 Å². The van der Waals surface area contributed by atoms with E-state index in [1.165, 1.54) is 11.8 Å². The molecule has 0 spiro atoms. The lowest BCUT2D eigenvalue weighted by Crippen LogP contribution is -2.02. The van der Waals surface area contributed by atoms with Crippen molar-refractivity contribution in [3.05, 3.63) is 28.7 Å². The van der Waals surface area contributed by atoms with Crippen molar-refractivity contribution < 1.29 is 14.3 Å². The molecular weight excluding hydrogens is 220 g/mol. The second-order valence-corrected chi connectivity index (χ2v) is 3.13. The molecule has 0 aliphatic carbocycles. The van der Waals surface area contributed by atoms with Crippen LogP contribution in [0, 0.1) is 17.3 Å². The quantitative estimate of drug-likeness (QED) is 0.248. The van der Waals surface area contributed by atoms with E-state index in [9.17, 15) is 4.91 Å². The van der Waals surface area contributed by atoms with Gasteiger partial charge in [0.15, 0.2) is 6.72 Å². The highest BCUT2D eigenvalue weighted by Gasteiger charge is 2.12. The van der Waals surface area contributed by atoms with Crippen LogP contribution in [0.5, 0.6) is 5.75 Å². The topological polar surface area (TPSA) is 50.9 Å². The lowest BCUT2D eigenvalue weighted by molar-refractivity contribution is -0.714. The largest absolute Gasteiger partial charge is 0.481 e. The fourth-order valence-corrected chi connectivity index (χ4v) is 1.28. The first kappa shape index (κ1) is 12.7. The van der Waals surface area contributed by atoms with Gasteiger partial charge in [0.05, 0.1) is 0 Å². The normalized spacial score (nSPS) is 9.18. The van der Waals surface area contributed by atoms with E-state index in [1.807, 2.05) is 0 Å². The van der Waals surface area contributed by atoms with Crippen LogP contribution in [-0.4, -0.2) is 25.2 Å². The Bertz CT molecular complexity index is 463. The van der Waals surface area contributed by atoms with Gasteiger partial charge in [-0.15, -0.1) is 6.42 Å². The Morgan fingerprint density at radius 2 is 2.35 bits per heavy atom. The van der Waals surface area contributed by atoms with E-state index in [0.29, 0.717) is 17.0 Å². The molecule has 0 aromatic heterocycles. The third-order valence-electron chi connectivity index (χ3n) is 2.10. The van der Waals surface area contributed by atoms with Gasteiger partial charge in [-0.25, -0.2) is 0 Å². The second-order valence-electron chi connectivity index (χ2n) is 3.13. The Balaban J connectivity index is 3.03. The van der Waals surface area contributed by atoms with Gasteiger partial charge in [0, 0.05) is 22.4 Å². The van der Waals surface area contributed by atoms with Crippen LogP contribution < -0.4 is 4.74 Å². The number of hydrogen-bond acceptors (Lipinski definition) is 4. The van der Waals surface area contributed by atoms with Gasteiger partial charge in [0.1, 0.15) is 26.0 Å². The number of terminal acetylenes is 1. The van der Waals surface area contributed by atoms with Crippen molar-refractivity contribution in [2.75, 3.05) is 13.7 Å². The summed E-state index contributed by atoms with van der Waals surface area (Å²) in [5.74, 6) is 2.89. The molecule has 0 radical (unpaired) electrons. The fraction of sp³-hybridized carbons (Fsp3) is 0.250. The lowest BCUT2D eigenvalue weighted by Gasteiger charge is -2.07. The number of hydrogen-bond donors (Lipinski definition) is 0. The average Bonchev–Trinajstić information content (AvgIpc) is 2.36. The Morgan fingerprint density at radius 1 is 1.59 bits per heavy atom. The zero-order valence-corrected chi connectivity index (χ0v) is 9.55. The van der Waals surface area contributed by atoms with Crippen molar-refractivity contribution in [3.8, 4) is 18.1 Å². The Labute approximate surface area is 99.6 Å². The molecule has 0 atom stereocenters. The van der Waals surface area contributed by atoms with Gasteiger partial charge >= 0.3 is 0 Å². The number of benzene rings is 1. The standard InChI is InChI=1S/C12H13N2O3/c1-4-7-17-12-6-5-11(14(2)16-3)8-10(12)9-13-15/h1,5-6,8H,2,7,9H2,3H3/q+1. The summed E-state index contributed by atoms with van der Waals surface area (Å²) in [5, 5.41) is 2.84. The minimum absolute atomic E-state index is 0.00526. The van der Waals surface area contributed by atoms with Gasteiger partial charge in [0.25, 0.3) is 5.69 Å². The van der Waals surface area contributed by atoms with Crippen LogP contribution in [-0.2, 0) is 11.4 Å². The molecule has 0 bridgehead atoms. The summed E-state index contributed by atoms with van der Waals surface area (Å²) >= 11 is 0. The number of rotatable bonds is 6. The van der Waals surface area contributed by atoms with E-state index in [1.54, 1.807) is 18.2 Å². The molecule has 0 N–H and O–H groups in total. The highest BCUT2D eigenvalue weighted by Crippen LogP contribution is 2.25. The number of nitroso groups, excluding NO2 is 1. The van der Waals surface area contributed by atoms with E-state index >= 15 is 0 Å². The molecule has 1 aromatic rings. The summed E-state index contributed by atoms with van der Waals surface area (Å²) < 4.78 is 6.61. The Morgan fingerprint density at radius 3 is 2.94 bits per heavy atom. The molecular formula is C12H13N2O3+. The summed E-state index contributed by atoms with van der Waals surface area (Å²) in [6.45, 7) is 3.80. The maximum Gasteiger partial charge on any atom is 0.257 e. The summed E-state index contributed by atoms with van der Waals surface area (Å²) in [7, 11) is 1.49. The van der Waals surface area contributed by atoms with E-state index in [4.69, 9.17) is 16.0 Å². The van der Waals surface area contributed by atoms with Crippen LogP contribution in [0.4, 0.5) is 5.69 Å². The summed E-state index contributed by atoms with van der Waals surface area (Å²) in [4.78, 5) is 15.3. The molecule has 88 valence electrons. The van der Waals surface area contributed by atoms with Crippen LogP contribution >= 0.6 is 0 Å². The molecule has 0 amide bonds. The van der Waals surface area contributed by atoms with Gasteiger partial charge in [-0.05, 0) is 6.07 Å². The molecule has 0 saturated carbocycles. The minimum Gasteiger partial charge on any atom is -0.481 e. The van der Waals surface area contributed by atoms with Gasteiger partial charge in [-0.3, -0.25) is 4.84 Å². The van der Waals surface area contributed by atoms with Crippen molar-refractivity contribution in [1.82, 2.24) is 0 Å². The lowest BCUT2D eigenvalue weighted by atomic mass is 10.2. The van der Waals surface area contributed by atoms with E-state index in [2.05, 4.69) is 17.8 Å². The molecule has 1 aromatic carbocycles.